The van der Waals surface area contributed by atoms with Crippen LogP contribution in [0.2, 0.25) is 5.02 Å². The van der Waals surface area contributed by atoms with Gasteiger partial charge in [-0.25, -0.2) is 4.39 Å². The first-order valence-electron chi connectivity index (χ1n) is 9.41. The van der Waals surface area contributed by atoms with Gasteiger partial charge >= 0.3 is 0 Å². The minimum absolute atomic E-state index is 0.00286. The van der Waals surface area contributed by atoms with Gasteiger partial charge in [-0.1, -0.05) is 54.1 Å². The standard InChI is InChI=1S/C21H20ClFN4O2S/c1-2-12-27(20(29)16-5-3-4-6-17(16)23)13-11-18(28)24-21-26-25-19(30-21)14-7-9-15(22)10-8-14/h3-10H,2,11-13H2,1H3,(H,24,26,28). The summed E-state index contributed by atoms with van der Waals surface area (Å²) in [4.78, 5) is 26.5. The van der Waals surface area contributed by atoms with Crippen molar-refractivity contribution < 1.29 is 14.0 Å². The molecule has 3 rings (SSSR count). The normalized spacial score (nSPS) is 10.6. The van der Waals surface area contributed by atoms with E-state index in [-0.39, 0.29) is 24.4 Å². The molecule has 0 atom stereocenters. The molecule has 3 aromatic rings. The van der Waals surface area contributed by atoms with Gasteiger partial charge in [-0.05, 0) is 30.7 Å². The van der Waals surface area contributed by atoms with E-state index in [9.17, 15) is 14.0 Å². The summed E-state index contributed by atoms with van der Waals surface area (Å²) >= 11 is 7.13. The monoisotopic (exact) mass is 446 g/mol. The lowest BCUT2D eigenvalue weighted by Gasteiger charge is -2.22. The summed E-state index contributed by atoms with van der Waals surface area (Å²) in [6, 6.07) is 13.0. The van der Waals surface area contributed by atoms with E-state index in [1.165, 1.54) is 34.4 Å². The molecule has 6 nitrogen and oxygen atoms in total. The quantitative estimate of drug-likeness (QED) is 0.535. The van der Waals surface area contributed by atoms with Crippen molar-refractivity contribution in [1.29, 1.82) is 0 Å². The molecule has 0 radical (unpaired) electrons. The van der Waals surface area contributed by atoms with Gasteiger partial charge in [-0.15, -0.1) is 10.2 Å². The molecule has 0 fully saturated rings. The van der Waals surface area contributed by atoms with Gasteiger partial charge in [0.1, 0.15) is 10.8 Å². The minimum atomic E-state index is -0.573. The number of halogens is 2. The smallest absolute Gasteiger partial charge is 0.256 e. The van der Waals surface area contributed by atoms with E-state index in [0.717, 1.165) is 5.56 Å². The molecule has 0 aliphatic rings. The largest absolute Gasteiger partial charge is 0.338 e. The highest BCUT2D eigenvalue weighted by atomic mass is 35.5. The predicted molar refractivity (Wildman–Crippen MR) is 116 cm³/mol. The SMILES string of the molecule is CCCN(CCC(=O)Nc1nnc(-c2ccc(Cl)cc2)s1)C(=O)c1ccccc1F. The van der Waals surface area contributed by atoms with Crippen LogP contribution in [0.25, 0.3) is 10.6 Å². The molecule has 9 heteroatoms. The molecule has 0 spiro atoms. The third kappa shape index (κ3) is 5.61. The number of benzene rings is 2. The van der Waals surface area contributed by atoms with Crippen LogP contribution in [-0.2, 0) is 4.79 Å². The highest BCUT2D eigenvalue weighted by molar-refractivity contribution is 7.18. The van der Waals surface area contributed by atoms with Crippen LogP contribution in [0.3, 0.4) is 0 Å². The Kier molecular flexibility index (Phi) is 7.48. The summed E-state index contributed by atoms with van der Waals surface area (Å²) in [5.41, 5.74) is 0.852. The molecule has 0 bridgehead atoms. The highest BCUT2D eigenvalue weighted by Gasteiger charge is 2.19. The van der Waals surface area contributed by atoms with Gasteiger partial charge in [0.2, 0.25) is 11.0 Å². The second kappa shape index (κ2) is 10.3. The zero-order valence-corrected chi connectivity index (χ0v) is 17.8. The van der Waals surface area contributed by atoms with Crippen molar-refractivity contribution >= 4 is 39.9 Å². The summed E-state index contributed by atoms with van der Waals surface area (Å²) < 4.78 is 13.9. The van der Waals surface area contributed by atoms with E-state index in [1.54, 1.807) is 18.2 Å². The number of carbonyl (C=O) groups excluding carboxylic acids is 2. The number of aromatic nitrogens is 2. The van der Waals surface area contributed by atoms with Crippen molar-refractivity contribution in [2.45, 2.75) is 19.8 Å². The molecule has 1 N–H and O–H groups in total. The Labute approximate surface area is 182 Å². The number of hydrogen-bond acceptors (Lipinski definition) is 5. The number of rotatable bonds is 8. The molecule has 1 aromatic heterocycles. The molecule has 2 amide bonds. The van der Waals surface area contributed by atoms with Crippen LogP contribution in [0.4, 0.5) is 9.52 Å². The maximum Gasteiger partial charge on any atom is 0.256 e. The van der Waals surface area contributed by atoms with Crippen molar-refractivity contribution in [2.24, 2.45) is 0 Å². The lowest BCUT2D eigenvalue weighted by molar-refractivity contribution is -0.116. The van der Waals surface area contributed by atoms with Crippen LogP contribution in [0.1, 0.15) is 30.1 Å². The average Bonchev–Trinajstić information content (AvgIpc) is 3.20. The topological polar surface area (TPSA) is 75.2 Å². The summed E-state index contributed by atoms with van der Waals surface area (Å²) in [6.07, 6.45) is 0.763. The van der Waals surface area contributed by atoms with E-state index in [0.29, 0.717) is 28.1 Å². The predicted octanol–water partition coefficient (Wildman–Crippen LogP) is 4.88. The Balaban J connectivity index is 1.59. The van der Waals surface area contributed by atoms with Crippen LogP contribution >= 0.6 is 22.9 Å². The second-order valence-corrected chi connectivity index (χ2v) is 7.90. The second-order valence-electron chi connectivity index (χ2n) is 6.49. The lowest BCUT2D eigenvalue weighted by Crippen LogP contribution is -2.35. The molecule has 0 aliphatic carbocycles. The number of nitrogens with one attached hydrogen (secondary N) is 1. The first kappa shape index (κ1) is 21.9. The fraction of sp³-hybridized carbons (Fsp3) is 0.238. The van der Waals surface area contributed by atoms with Crippen LogP contribution in [0.5, 0.6) is 0 Å². The Morgan fingerprint density at radius 2 is 1.83 bits per heavy atom. The van der Waals surface area contributed by atoms with E-state index >= 15 is 0 Å². The molecule has 2 aromatic carbocycles. The third-order valence-corrected chi connectivity index (χ3v) is 5.40. The zero-order valence-electron chi connectivity index (χ0n) is 16.3. The van der Waals surface area contributed by atoms with Crippen molar-refractivity contribution in [3.63, 3.8) is 0 Å². The first-order valence-corrected chi connectivity index (χ1v) is 10.6. The van der Waals surface area contributed by atoms with Crippen molar-refractivity contribution in [3.8, 4) is 10.6 Å². The summed E-state index contributed by atoms with van der Waals surface area (Å²) in [5.74, 6) is -1.29. The number of nitrogens with zero attached hydrogens (tertiary/aromatic N) is 3. The third-order valence-electron chi connectivity index (χ3n) is 4.26. The first-order chi connectivity index (χ1) is 14.5. The van der Waals surface area contributed by atoms with Gasteiger partial charge in [0.05, 0.1) is 5.56 Å². The number of carbonyl (C=O) groups is 2. The lowest BCUT2D eigenvalue weighted by atomic mass is 10.1. The van der Waals surface area contributed by atoms with E-state index in [2.05, 4.69) is 15.5 Å². The maximum atomic E-state index is 13.9. The Morgan fingerprint density at radius 1 is 1.10 bits per heavy atom. The van der Waals surface area contributed by atoms with E-state index in [1.807, 2.05) is 19.1 Å². The van der Waals surface area contributed by atoms with Crippen LogP contribution < -0.4 is 5.32 Å². The summed E-state index contributed by atoms with van der Waals surface area (Å²) in [5, 5.41) is 12.4. The molecule has 156 valence electrons. The fourth-order valence-corrected chi connectivity index (χ4v) is 3.68. The maximum absolute atomic E-state index is 13.9. The van der Waals surface area contributed by atoms with Crippen molar-refractivity contribution in [2.75, 3.05) is 18.4 Å². The highest BCUT2D eigenvalue weighted by Crippen LogP contribution is 2.27. The molecule has 0 aliphatic heterocycles. The molecule has 1 heterocycles. The Hall–Kier alpha value is -2.84. The molecule has 0 saturated carbocycles. The van der Waals surface area contributed by atoms with Gasteiger partial charge in [0.25, 0.3) is 5.91 Å². The molecule has 0 saturated heterocycles. The molecule has 0 unspecified atom stereocenters. The van der Waals surface area contributed by atoms with Crippen LogP contribution in [0, 0.1) is 5.82 Å². The van der Waals surface area contributed by atoms with Crippen LogP contribution in [0.15, 0.2) is 48.5 Å². The van der Waals surface area contributed by atoms with Gasteiger partial charge in [-0.3, -0.25) is 9.59 Å². The summed E-state index contributed by atoms with van der Waals surface area (Å²) in [6.45, 7) is 2.52. The Bertz CT molecular complexity index is 1030. The number of amides is 2. The van der Waals surface area contributed by atoms with Crippen molar-refractivity contribution in [1.82, 2.24) is 15.1 Å². The Morgan fingerprint density at radius 3 is 2.53 bits per heavy atom. The average molecular weight is 447 g/mol. The number of anilines is 1. The van der Waals surface area contributed by atoms with Crippen molar-refractivity contribution in [3.05, 3.63) is 64.9 Å². The molecule has 30 heavy (non-hydrogen) atoms. The van der Waals surface area contributed by atoms with E-state index in [4.69, 9.17) is 11.6 Å². The van der Waals surface area contributed by atoms with Gasteiger partial charge < -0.3 is 10.2 Å². The minimum Gasteiger partial charge on any atom is -0.338 e. The fourth-order valence-electron chi connectivity index (χ4n) is 2.79. The van der Waals surface area contributed by atoms with Crippen LogP contribution in [-0.4, -0.2) is 40.0 Å². The van der Waals surface area contributed by atoms with Gasteiger partial charge in [-0.2, -0.15) is 0 Å². The molecular formula is C21H20ClFN4O2S. The zero-order chi connectivity index (χ0) is 21.5. The molecular weight excluding hydrogens is 427 g/mol. The summed E-state index contributed by atoms with van der Waals surface area (Å²) in [7, 11) is 0. The number of hydrogen-bond donors (Lipinski definition) is 1. The van der Waals surface area contributed by atoms with Gasteiger partial charge in [0.15, 0.2) is 0 Å². The van der Waals surface area contributed by atoms with Gasteiger partial charge in [0, 0.05) is 30.1 Å². The van der Waals surface area contributed by atoms with E-state index < -0.39 is 11.7 Å².